The van der Waals surface area contributed by atoms with Gasteiger partial charge in [-0.25, -0.2) is 4.79 Å². The molecule has 0 fully saturated rings. The third kappa shape index (κ3) is 4.50. The zero-order valence-electron chi connectivity index (χ0n) is 8.86. The molecule has 0 aromatic heterocycles. The van der Waals surface area contributed by atoms with Crippen molar-refractivity contribution in [1.29, 1.82) is 0 Å². The van der Waals surface area contributed by atoms with Gasteiger partial charge in [-0.05, 0) is 27.0 Å². The molecule has 0 aliphatic carbocycles. The summed E-state index contributed by atoms with van der Waals surface area (Å²) in [4.78, 5) is 22.0. The lowest BCUT2D eigenvalue weighted by molar-refractivity contribution is -0.168. The number of aliphatic carboxylic acids is 1. The molecule has 0 saturated carbocycles. The van der Waals surface area contributed by atoms with Gasteiger partial charge < -0.3 is 9.84 Å². The first kappa shape index (κ1) is 13.3. The third-order valence-corrected chi connectivity index (χ3v) is 2.09. The highest BCUT2D eigenvalue weighted by molar-refractivity contribution is 7.98. The van der Waals surface area contributed by atoms with E-state index < -0.39 is 23.5 Å². The maximum absolute atomic E-state index is 11.4. The van der Waals surface area contributed by atoms with Crippen molar-refractivity contribution in [2.45, 2.75) is 26.9 Å². The van der Waals surface area contributed by atoms with Gasteiger partial charge in [-0.15, -0.1) is 0 Å². The maximum Gasteiger partial charge on any atom is 0.345 e. The molecule has 0 aromatic carbocycles. The van der Waals surface area contributed by atoms with Crippen LogP contribution in [-0.4, -0.2) is 35.2 Å². The van der Waals surface area contributed by atoms with E-state index in [0.717, 1.165) is 0 Å². The summed E-state index contributed by atoms with van der Waals surface area (Å²) in [5, 5.41) is 8.73. The van der Waals surface area contributed by atoms with Crippen LogP contribution in [0.5, 0.6) is 0 Å². The first-order chi connectivity index (χ1) is 6.29. The largest absolute Gasteiger partial charge is 0.478 e. The van der Waals surface area contributed by atoms with Crippen LogP contribution in [0, 0.1) is 5.41 Å². The second-order valence-corrected chi connectivity index (χ2v) is 4.85. The van der Waals surface area contributed by atoms with Crippen LogP contribution in [0.2, 0.25) is 0 Å². The number of rotatable bonds is 4. The lowest BCUT2D eigenvalue weighted by Crippen LogP contribution is -2.34. The minimum Gasteiger partial charge on any atom is -0.478 e. The van der Waals surface area contributed by atoms with Gasteiger partial charge in [0.25, 0.3) is 0 Å². The van der Waals surface area contributed by atoms with Crippen LogP contribution >= 0.6 is 11.8 Å². The van der Waals surface area contributed by atoms with E-state index in [9.17, 15) is 9.59 Å². The molecule has 14 heavy (non-hydrogen) atoms. The van der Waals surface area contributed by atoms with Crippen molar-refractivity contribution in [3.05, 3.63) is 0 Å². The lowest BCUT2D eigenvalue weighted by atomic mass is 9.97. The number of carbonyl (C=O) groups is 2. The third-order valence-electron chi connectivity index (χ3n) is 1.46. The Morgan fingerprint density at radius 1 is 1.43 bits per heavy atom. The summed E-state index contributed by atoms with van der Waals surface area (Å²) in [6.07, 6.45) is 0.720. The molecule has 0 aliphatic heterocycles. The summed E-state index contributed by atoms with van der Waals surface area (Å²) in [5.74, 6) is -1.31. The number of ether oxygens (including phenoxy) is 1. The van der Waals surface area contributed by atoms with Gasteiger partial charge in [-0.3, -0.25) is 4.79 Å². The average molecular weight is 220 g/mol. The molecule has 0 heterocycles. The molecule has 4 nitrogen and oxygen atoms in total. The molecule has 1 N–H and O–H groups in total. The van der Waals surface area contributed by atoms with Crippen LogP contribution in [0.15, 0.2) is 0 Å². The van der Waals surface area contributed by atoms with Crippen molar-refractivity contribution in [3.63, 3.8) is 0 Å². The molecule has 0 saturated heterocycles. The van der Waals surface area contributed by atoms with Gasteiger partial charge in [0.05, 0.1) is 5.41 Å². The predicted molar refractivity (Wildman–Crippen MR) is 55.4 cm³/mol. The highest BCUT2D eigenvalue weighted by atomic mass is 32.2. The molecule has 0 rings (SSSR count). The van der Waals surface area contributed by atoms with Crippen LogP contribution in [-0.2, 0) is 14.3 Å². The first-order valence-electron chi connectivity index (χ1n) is 4.22. The predicted octanol–water partition coefficient (Wildman–Crippen LogP) is 1.39. The number of thioether (sulfide) groups is 1. The van der Waals surface area contributed by atoms with E-state index in [0.29, 0.717) is 0 Å². The van der Waals surface area contributed by atoms with Crippen molar-refractivity contribution in [1.82, 2.24) is 0 Å². The number of carboxylic acids is 1. The minimum atomic E-state index is -1.10. The van der Waals surface area contributed by atoms with E-state index in [4.69, 9.17) is 9.84 Å². The van der Waals surface area contributed by atoms with E-state index in [1.807, 2.05) is 0 Å². The van der Waals surface area contributed by atoms with E-state index in [2.05, 4.69) is 0 Å². The molecule has 1 atom stereocenters. The minimum absolute atomic E-state index is 0.275. The number of esters is 1. The molecule has 0 aliphatic rings. The van der Waals surface area contributed by atoms with E-state index in [1.165, 1.54) is 11.8 Å². The Labute approximate surface area is 88.0 Å². The second kappa shape index (κ2) is 5.24. The molecule has 0 radical (unpaired) electrons. The molecular formula is C9H16O4S. The Bertz CT molecular complexity index is 219. The average Bonchev–Trinajstić information content (AvgIpc) is 2.01. The Kier molecular flexibility index (Phi) is 4.97. The zero-order chi connectivity index (χ0) is 11.4. The Balaban J connectivity index is 4.31. The molecule has 0 bridgehead atoms. The van der Waals surface area contributed by atoms with Gasteiger partial charge in [0.1, 0.15) is 0 Å². The van der Waals surface area contributed by atoms with Crippen molar-refractivity contribution >= 4 is 23.7 Å². The fourth-order valence-corrected chi connectivity index (χ4v) is 1.13. The van der Waals surface area contributed by atoms with Crippen LogP contribution < -0.4 is 0 Å². The van der Waals surface area contributed by atoms with E-state index in [1.54, 1.807) is 27.0 Å². The number of carboxylic acid groups (broad SMARTS) is 1. The number of carbonyl (C=O) groups excluding carboxylic acids is 1. The van der Waals surface area contributed by atoms with Gasteiger partial charge in [-0.2, -0.15) is 11.8 Å². The van der Waals surface area contributed by atoms with Crippen molar-refractivity contribution in [3.8, 4) is 0 Å². The fourth-order valence-electron chi connectivity index (χ4n) is 0.613. The highest BCUT2D eigenvalue weighted by Crippen LogP contribution is 2.17. The van der Waals surface area contributed by atoms with Gasteiger partial charge in [0, 0.05) is 5.75 Å². The van der Waals surface area contributed by atoms with E-state index >= 15 is 0 Å². The summed E-state index contributed by atoms with van der Waals surface area (Å²) in [6.45, 7) is 5.06. The number of hydrogen-bond donors (Lipinski definition) is 1. The van der Waals surface area contributed by atoms with Crippen molar-refractivity contribution in [2.24, 2.45) is 5.41 Å². The normalized spacial score (nSPS) is 13.4. The smallest absolute Gasteiger partial charge is 0.345 e. The lowest BCUT2D eigenvalue weighted by Gasteiger charge is -2.20. The SMILES string of the molecule is CSCC(OC(=O)C(C)(C)C)C(=O)O. The topological polar surface area (TPSA) is 63.6 Å². The molecule has 5 heteroatoms. The fraction of sp³-hybridized carbons (Fsp3) is 0.778. The van der Waals surface area contributed by atoms with Crippen molar-refractivity contribution < 1.29 is 19.4 Å². The molecule has 0 aromatic rings. The van der Waals surface area contributed by atoms with Gasteiger partial charge in [0.2, 0.25) is 6.10 Å². The first-order valence-corrected chi connectivity index (χ1v) is 5.61. The van der Waals surface area contributed by atoms with Crippen LogP contribution in [0.25, 0.3) is 0 Å². The van der Waals surface area contributed by atoms with E-state index in [-0.39, 0.29) is 5.75 Å². The van der Waals surface area contributed by atoms with Crippen LogP contribution in [0.4, 0.5) is 0 Å². The zero-order valence-corrected chi connectivity index (χ0v) is 9.68. The second-order valence-electron chi connectivity index (χ2n) is 3.94. The van der Waals surface area contributed by atoms with Gasteiger partial charge in [0.15, 0.2) is 0 Å². The van der Waals surface area contributed by atoms with Crippen molar-refractivity contribution in [2.75, 3.05) is 12.0 Å². The highest BCUT2D eigenvalue weighted by Gasteiger charge is 2.29. The summed E-state index contributed by atoms with van der Waals surface area (Å²) >= 11 is 1.33. The molecule has 1 unspecified atom stereocenters. The van der Waals surface area contributed by atoms with Crippen LogP contribution in [0.3, 0.4) is 0 Å². The number of hydrogen-bond acceptors (Lipinski definition) is 4. The summed E-state index contributed by atoms with van der Waals surface area (Å²) in [6, 6.07) is 0. The summed E-state index contributed by atoms with van der Waals surface area (Å²) in [7, 11) is 0. The quantitative estimate of drug-likeness (QED) is 0.725. The van der Waals surface area contributed by atoms with Gasteiger partial charge >= 0.3 is 11.9 Å². The van der Waals surface area contributed by atoms with Crippen LogP contribution in [0.1, 0.15) is 20.8 Å². The summed E-state index contributed by atoms with van der Waals surface area (Å²) in [5.41, 5.74) is -0.661. The van der Waals surface area contributed by atoms with Gasteiger partial charge in [-0.1, -0.05) is 0 Å². The molecule has 82 valence electrons. The molecule has 0 spiro atoms. The Hall–Kier alpha value is -0.710. The Morgan fingerprint density at radius 2 is 1.93 bits per heavy atom. The monoisotopic (exact) mass is 220 g/mol. The standard InChI is InChI=1S/C9H16O4S/c1-9(2,3)8(12)13-6(5-14-4)7(10)11/h6H,5H2,1-4H3,(H,10,11). The molecule has 0 amide bonds. The molecular weight excluding hydrogens is 204 g/mol. The maximum atomic E-state index is 11.4. The summed E-state index contributed by atoms with van der Waals surface area (Å²) < 4.78 is 4.86. The Morgan fingerprint density at radius 3 is 2.21 bits per heavy atom.